The van der Waals surface area contributed by atoms with E-state index < -0.39 is 11.0 Å². The average Bonchev–Trinajstić information content (AvgIpc) is 3.37. The molecule has 1 unspecified atom stereocenters. The van der Waals surface area contributed by atoms with E-state index in [4.69, 9.17) is 9.72 Å². The Hall–Kier alpha value is -2.26. The highest BCUT2D eigenvalue weighted by Gasteiger charge is 2.29. The molecule has 34 heavy (non-hydrogen) atoms. The van der Waals surface area contributed by atoms with Crippen LogP contribution in [0.3, 0.4) is 0 Å². The zero-order chi connectivity index (χ0) is 23.9. The molecular weight excluding hydrogens is 450 g/mol. The lowest BCUT2D eigenvalue weighted by atomic mass is 9.85. The molecule has 9 heteroatoms. The largest absolute Gasteiger partial charge is 0.381 e. The molecule has 2 fully saturated rings. The number of hydrogen-bond acceptors (Lipinski definition) is 5. The number of nitrogens with one attached hydrogen (secondary N) is 1. The van der Waals surface area contributed by atoms with Crippen molar-refractivity contribution in [3.05, 3.63) is 24.0 Å². The molecule has 2 aromatic rings. The Morgan fingerprint density at radius 2 is 1.97 bits per heavy atom. The summed E-state index contributed by atoms with van der Waals surface area (Å²) >= 11 is 0. The fourth-order valence-corrected chi connectivity index (χ4v) is 5.91. The van der Waals surface area contributed by atoms with Crippen molar-refractivity contribution in [2.75, 3.05) is 19.8 Å². The van der Waals surface area contributed by atoms with Crippen LogP contribution < -0.4 is 5.32 Å². The second-order valence-electron chi connectivity index (χ2n) is 10.7. The van der Waals surface area contributed by atoms with Gasteiger partial charge in [-0.2, -0.15) is 5.10 Å². The van der Waals surface area contributed by atoms with Gasteiger partial charge in [0, 0.05) is 37.5 Å². The van der Waals surface area contributed by atoms with Crippen LogP contribution in [0.5, 0.6) is 0 Å². The van der Waals surface area contributed by atoms with E-state index in [2.05, 4.69) is 35.8 Å². The minimum Gasteiger partial charge on any atom is -0.381 e. The van der Waals surface area contributed by atoms with Gasteiger partial charge in [-0.1, -0.05) is 27.2 Å². The van der Waals surface area contributed by atoms with Crippen LogP contribution in [0.1, 0.15) is 65.1 Å². The van der Waals surface area contributed by atoms with Gasteiger partial charge in [0.25, 0.3) is 0 Å². The van der Waals surface area contributed by atoms with E-state index >= 15 is 0 Å². The number of carbonyl (C=O) groups excluding carboxylic acids is 1. The van der Waals surface area contributed by atoms with E-state index in [-0.39, 0.29) is 17.2 Å². The molecule has 0 spiro atoms. The molecule has 3 aliphatic rings. The number of benzene rings is 1. The molecular formula is C25H35N5O3S. The summed E-state index contributed by atoms with van der Waals surface area (Å²) in [5.41, 5.74) is 1.84. The van der Waals surface area contributed by atoms with Crippen molar-refractivity contribution < 1.29 is 13.7 Å². The molecule has 1 N–H and O–H groups in total. The van der Waals surface area contributed by atoms with E-state index in [1.54, 1.807) is 4.41 Å². The number of hydrazone groups is 1. The Morgan fingerprint density at radius 1 is 1.21 bits per heavy atom. The first-order valence-corrected chi connectivity index (χ1v) is 13.6. The number of hydrogen-bond donors (Lipinski definition) is 1. The van der Waals surface area contributed by atoms with Crippen LogP contribution in [-0.4, -0.2) is 49.7 Å². The Kier molecular flexibility index (Phi) is 6.50. The summed E-state index contributed by atoms with van der Waals surface area (Å²) < 4.78 is 22.8. The van der Waals surface area contributed by atoms with E-state index in [9.17, 15) is 9.00 Å². The van der Waals surface area contributed by atoms with Gasteiger partial charge in [-0.05, 0) is 49.8 Å². The fraction of sp³-hybridized carbons (Fsp3) is 0.640. The highest BCUT2D eigenvalue weighted by molar-refractivity contribution is 7.82. The van der Waals surface area contributed by atoms with Gasteiger partial charge in [-0.3, -0.25) is 4.79 Å². The number of amidine groups is 1. The predicted molar refractivity (Wildman–Crippen MR) is 133 cm³/mol. The highest BCUT2D eigenvalue weighted by Crippen LogP contribution is 2.31. The monoisotopic (exact) mass is 485 g/mol. The normalized spacial score (nSPS) is 20.9. The van der Waals surface area contributed by atoms with Gasteiger partial charge in [0.2, 0.25) is 5.91 Å². The summed E-state index contributed by atoms with van der Waals surface area (Å²) in [5, 5.41) is 7.37. The number of carbonyl (C=O) groups is 1. The van der Waals surface area contributed by atoms with E-state index in [0.717, 1.165) is 68.7 Å². The van der Waals surface area contributed by atoms with Crippen molar-refractivity contribution in [3.8, 4) is 0 Å². The summed E-state index contributed by atoms with van der Waals surface area (Å²) in [6.07, 6.45) is 5.75. The molecule has 1 aromatic heterocycles. The van der Waals surface area contributed by atoms with Crippen LogP contribution in [0.2, 0.25) is 0 Å². The van der Waals surface area contributed by atoms with Crippen molar-refractivity contribution in [1.29, 1.82) is 0 Å². The molecule has 2 aliphatic heterocycles. The zero-order valence-electron chi connectivity index (χ0n) is 20.4. The third-order valence-electron chi connectivity index (χ3n) is 7.08. The number of ether oxygens (including phenoxy) is 1. The smallest absolute Gasteiger partial charge is 0.228 e. The van der Waals surface area contributed by atoms with E-state index in [1.807, 2.05) is 18.2 Å². The predicted octanol–water partition coefficient (Wildman–Crippen LogP) is 3.72. The lowest BCUT2D eigenvalue weighted by Crippen LogP contribution is -2.37. The molecule has 8 nitrogen and oxygen atoms in total. The highest BCUT2D eigenvalue weighted by atomic mass is 32.2. The summed E-state index contributed by atoms with van der Waals surface area (Å²) in [6, 6.07) is 5.90. The summed E-state index contributed by atoms with van der Waals surface area (Å²) in [7, 11) is -1.44. The Labute approximate surface area is 203 Å². The first-order chi connectivity index (χ1) is 16.3. The second kappa shape index (κ2) is 9.41. The number of aromatic nitrogens is 2. The topological polar surface area (TPSA) is 88.8 Å². The molecule has 5 rings (SSSR count). The molecule has 1 aromatic carbocycles. The maximum atomic E-state index is 13.3. The molecule has 0 bridgehead atoms. The minimum absolute atomic E-state index is 0.0452. The van der Waals surface area contributed by atoms with Crippen LogP contribution in [0.25, 0.3) is 11.0 Å². The lowest BCUT2D eigenvalue weighted by molar-refractivity contribution is -0.125. The molecule has 0 radical (unpaired) electrons. The Bertz CT molecular complexity index is 1130. The molecule has 1 amide bonds. The van der Waals surface area contributed by atoms with Gasteiger partial charge >= 0.3 is 0 Å². The van der Waals surface area contributed by atoms with Gasteiger partial charge < -0.3 is 14.6 Å². The first kappa shape index (κ1) is 23.5. The number of imidazole rings is 1. The van der Waals surface area contributed by atoms with Crippen LogP contribution in [0, 0.1) is 11.8 Å². The summed E-state index contributed by atoms with van der Waals surface area (Å²) in [6.45, 7) is 9.66. The maximum Gasteiger partial charge on any atom is 0.228 e. The zero-order valence-corrected chi connectivity index (χ0v) is 21.2. The molecule has 184 valence electrons. The standard InChI is InChI=1S/C25H35N5O3S/c1-25(2,3)24-26-20-15-19(7-8-21(20)29(24)16-17-10-13-33-14-11-17)34(32)30-12-9-22(28-30)27-23(31)18-5-4-6-18/h7-8,15,17-18H,4-6,9-14,16H2,1-3H3,(H,27,28,31). The van der Waals surface area contributed by atoms with Gasteiger partial charge in [-0.25, -0.2) is 13.6 Å². The molecule has 1 saturated heterocycles. The van der Waals surface area contributed by atoms with E-state index in [0.29, 0.717) is 29.6 Å². The molecule has 1 aliphatic carbocycles. The van der Waals surface area contributed by atoms with Crippen molar-refractivity contribution >= 4 is 33.8 Å². The lowest BCUT2D eigenvalue weighted by Gasteiger charge is -2.26. The summed E-state index contributed by atoms with van der Waals surface area (Å²) in [4.78, 5) is 17.9. The number of nitrogens with zero attached hydrogens (tertiary/aromatic N) is 4. The van der Waals surface area contributed by atoms with Crippen molar-refractivity contribution in [3.63, 3.8) is 0 Å². The second-order valence-corrected chi connectivity index (χ2v) is 12.1. The van der Waals surface area contributed by atoms with Crippen LogP contribution in [-0.2, 0) is 32.5 Å². The Morgan fingerprint density at radius 3 is 2.65 bits per heavy atom. The number of amides is 1. The summed E-state index contributed by atoms with van der Waals surface area (Å²) in [5.74, 6) is 2.40. The number of fused-ring (bicyclic) bond motifs is 1. The van der Waals surface area contributed by atoms with Crippen LogP contribution in [0.4, 0.5) is 0 Å². The molecule has 3 heterocycles. The van der Waals surface area contributed by atoms with Crippen molar-refractivity contribution in [2.24, 2.45) is 16.9 Å². The first-order valence-electron chi connectivity index (χ1n) is 12.5. The van der Waals surface area contributed by atoms with Gasteiger partial charge in [0.15, 0.2) is 11.0 Å². The van der Waals surface area contributed by atoms with Crippen LogP contribution >= 0.6 is 0 Å². The van der Waals surface area contributed by atoms with Crippen molar-refractivity contribution in [1.82, 2.24) is 19.3 Å². The third-order valence-corrected chi connectivity index (χ3v) is 8.39. The average molecular weight is 486 g/mol. The SMILES string of the molecule is CC(C)(C)c1nc2cc(S(=O)N3CCC(NC(=O)C4CCC4)=N3)ccc2n1CC1CCOCC1. The molecule has 1 atom stereocenters. The third kappa shape index (κ3) is 4.77. The van der Waals surface area contributed by atoms with Gasteiger partial charge in [-0.15, -0.1) is 0 Å². The minimum atomic E-state index is -1.44. The quantitative estimate of drug-likeness (QED) is 0.699. The van der Waals surface area contributed by atoms with Crippen LogP contribution in [0.15, 0.2) is 28.2 Å². The number of rotatable bonds is 5. The maximum absolute atomic E-state index is 13.3. The Balaban J connectivity index is 1.37. The fourth-order valence-electron chi connectivity index (χ4n) is 4.84. The van der Waals surface area contributed by atoms with E-state index in [1.165, 1.54) is 0 Å². The van der Waals surface area contributed by atoms with Crippen molar-refractivity contribution in [2.45, 2.75) is 76.2 Å². The molecule has 1 saturated carbocycles. The van der Waals surface area contributed by atoms with Gasteiger partial charge in [0.05, 0.1) is 22.5 Å². The van der Waals surface area contributed by atoms with Gasteiger partial charge in [0.1, 0.15) is 11.7 Å².